The van der Waals surface area contributed by atoms with Crippen molar-refractivity contribution in [2.45, 2.75) is 44.4 Å². The van der Waals surface area contributed by atoms with Gasteiger partial charge in [-0.1, -0.05) is 0 Å². The molecule has 11 heteroatoms. The molecule has 1 saturated carbocycles. The summed E-state index contributed by atoms with van der Waals surface area (Å²) in [5.74, 6) is -6.38. The number of anilines is 1. The number of Topliss-reactive ketones (excluding diaryl/α,β-unsaturated/α-hetero) is 2. The maximum atomic E-state index is 13.6. The Bertz CT molecular complexity index is 1230. The van der Waals surface area contributed by atoms with Gasteiger partial charge in [-0.25, -0.2) is 0 Å². The third-order valence-corrected chi connectivity index (χ3v) is 7.38. The third-order valence-electron chi connectivity index (χ3n) is 7.38. The molecule has 0 saturated heterocycles. The summed E-state index contributed by atoms with van der Waals surface area (Å²) in [7, 11) is 3.64. The van der Waals surface area contributed by atoms with Crippen LogP contribution in [-0.2, 0) is 27.3 Å². The number of aliphatic hydroxyl groups excluding tert-OH is 2. The molecule has 3 aliphatic carbocycles. The van der Waals surface area contributed by atoms with Crippen LogP contribution in [0.3, 0.4) is 0 Å². The molecule has 0 bridgehead atoms. The molecule has 11 nitrogen and oxygen atoms in total. The first-order valence-corrected chi connectivity index (χ1v) is 11.8. The van der Waals surface area contributed by atoms with Crippen LogP contribution in [0.5, 0.6) is 5.75 Å². The molecule has 4 unspecified atom stereocenters. The number of carbonyl (C=O) groups excluding carboxylic acids is 3. The van der Waals surface area contributed by atoms with Crippen molar-refractivity contribution in [3.63, 3.8) is 0 Å². The molecule has 0 radical (unpaired) electrons. The number of hydrogen-bond donors (Lipinski definition) is 7. The molecule has 1 amide bonds. The van der Waals surface area contributed by atoms with Gasteiger partial charge in [-0.2, -0.15) is 0 Å². The summed E-state index contributed by atoms with van der Waals surface area (Å²) in [6.45, 7) is 2.57. The van der Waals surface area contributed by atoms with Crippen LogP contribution in [0.1, 0.15) is 36.5 Å². The van der Waals surface area contributed by atoms with E-state index in [2.05, 4.69) is 5.32 Å². The second-order valence-corrected chi connectivity index (χ2v) is 10.2. The van der Waals surface area contributed by atoms with Crippen molar-refractivity contribution in [1.82, 2.24) is 5.32 Å². The maximum Gasteiger partial charge on any atom is 0.255 e. The lowest BCUT2D eigenvalue weighted by atomic mass is 9.59. The summed E-state index contributed by atoms with van der Waals surface area (Å²) in [5.41, 5.74) is 9.38. The molecule has 194 valence electrons. The number of amides is 1. The van der Waals surface area contributed by atoms with E-state index in [9.17, 15) is 34.8 Å². The molecule has 1 aromatic rings. The van der Waals surface area contributed by atoms with Crippen molar-refractivity contribution in [3.05, 3.63) is 39.7 Å². The van der Waals surface area contributed by atoms with Crippen LogP contribution < -0.4 is 21.7 Å². The molecule has 0 aliphatic heterocycles. The van der Waals surface area contributed by atoms with Gasteiger partial charge in [0.1, 0.15) is 22.8 Å². The van der Waals surface area contributed by atoms with E-state index in [1.54, 1.807) is 6.07 Å². The van der Waals surface area contributed by atoms with Crippen molar-refractivity contribution in [3.8, 4) is 5.75 Å². The third kappa shape index (κ3) is 3.74. The van der Waals surface area contributed by atoms with E-state index in [0.29, 0.717) is 17.7 Å². The minimum absolute atomic E-state index is 0.0749. The maximum absolute atomic E-state index is 13.6. The van der Waals surface area contributed by atoms with E-state index in [4.69, 9.17) is 11.5 Å². The number of benzene rings is 1. The van der Waals surface area contributed by atoms with Gasteiger partial charge in [-0.05, 0) is 37.3 Å². The zero-order chi connectivity index (χ0) is 26.7. The number of hydrogen-bond acceptors (Lipinski definition) is 10. The topological polar surface area (TPSA) is 199 Å². The van der Waals surface area contributed by atoms with Gasteiger partial charge in [-0.15, -0.1) is 0 Å². The molecule has 1 fully saturated rings. The summed E-state index contributed by atoms with van der Waals surface area (Å²) in [4.78, 5) is 39.7. The quantitative estimate of drug-likeness (QED) is 0.259. The van der Waals surface area contributed by atoms with Gasteiger partial charge in [0.15, 0.2) is 11.4 Å². The van der Waals surface area contributed by atoms with E-state index >= 15 is 0 Å². The van der Waals surface area contributed by atoms with Gasteiger partial charge >= 0.3 is 0 Å². The lowest BCUT2D eigenvalue weighted by molar-refractivity contribution is -0.147. The zero-order valence-electron chi connectivity index (χ0n) is 20.5. The van der Waals surface area contributed by atoms with Gasteiger partial charge in [0, 0.05) is 62.4 Å². The molecular weight excluding hydrogens is 468 g/mol. The van der Waals surface area contributed by atoms with E-state index in [1.807, 2.05) is 25.9 Å². The minimum atomic E-state index is -2.58. The highest BCUT2D eigenvalue weighted by molar-refractivity contribution is 6.22. The lowest BCUT2D eigenvalue weighted by Gasteiger charge is -2.46. The summed E-state index contributed by atoms with van der Waals surface area (Å²) >= 11 is 0. The van der Waals surface area contributed by atoms with E-state index in [1.165, 1.54) is 0 Å². The SMILES string of the molecule is CC(N)CNCc1cc(N(C)C)c2c(c1O)C(O)=C1C(=O)C3(O)C(O)=C(C(N)=O)C(=O)CC3CC1C2. The Balaban J connectivity index is 1.88. The Hall–Kier alpha value is -3.41. The van der Waals surface area contributed by atoms with Crippen LogP contribution in [0, 0.1) is 11.8 Å². The lowest BCUT2D eigenvalue weighted by Crippen LogP contribution is -2.58. The fourth-order valence-electron chi connectivity index (χ4n) is 5.69. The Labute approximate surface area is 208 Å². The van der Waals surface area contributed by atoms with Crippen molar-refractivity contribution in [2.24, 2.45) is 23.3 Å². The predicted octanol–water partition coefficient (Wildman–Crippen LogP) is -0.0733. The van der Waals surface area contributed by atoms with Crippen molar-refractivity contribution in [2.75, 3.05) is 25.5 Å². The summed E-state index contributed by atoms with van der Waals surface area (Å²) in [6, 6.07) is 1.69. The van der Waals surface area contributed by atoms with Gasteiger partial charge in [0.2, 0.25) is 5.78 Å². The number of nitrogens with zero attached hydrogens (tertiary/aromatic N) is 1. The first-order valence-electron chi connectivity index (χ1n) is 11.8. The molecule has 0 aromatic heterocycles. The monoisotopic (exact) mass is 500 g/mol. The Morgan fingerprint density at radius 1 is 1.25 bits per heavy atom. The molecule has 3 aliphatic rings. The van der Waals surface area contributed by atoms with Crippen LogP contribution in [0.2, 0.25) is 0 Å². The van der Waals surface area contributed by atoms with Crippen molar-refractivity contribution < 1.29 is 34.8 Å². The van der Waals surface area contributed by atoms with E-state index in [-0.39, 0.29) is 48.7 Å². The van der Waals surface area contributed by atoms with E-state index < -0.39 is 52.0 Å². The average Bonchev–Trinajstić information content (AvgIpc) is 2.77. The fourth-order valence-corrected chi connectivity index (χ4v) is 5.69. The summed E-state index contributed by atoms with van der Waals surface area (Å²) in [5, 5.41) is 47.6. The second-order valence-electron chi connectivity index (χ2n) is 10.2. The van der Waals surface area contributed by atoms with Crippen LogP contribution >= 0.6 is 0 Å². The number of ketones is 2. The number of nitrogens with one attached hydrogen (secondary N) is 1. The van der Waals surface area contributed by atoms with Crippen LogP contribution in [0.25, 0.3) is 5.76 Å². The van der Waals surface area contributed by atoms with Crippen LogP contribution in [0.15, 0.2) is 23.0 Å². The molecule has 4 atom stereocenters. The molecule has 0 heterocycles. The smallest absolute Gasteiger partial charge is 0.255 e. The minimum Gasteiger partial charge on any atom is -0.508 e. The number of aromatic hydroxyl groups is 1. The zero-order valence-corrected chi connectivity index (χ0v) is 20.5. The average molecular weight is 501 g/mol. The normalized spacial score (nSPS) is 26.4. The highest BCUT2D eigenvalue weighted by Gasteiger charge is 2.60. The predicted molar refractivity (Wildman–Crippen MR) is 131 cm³/mol. The number of nitrogens with two attached hydrogens (primary N) is 2. The molecule has 9 N–H and O–H groups in total. The Morgan fingerprint density at radius 3 is 2.50 bits per heavy atom. The molecule has 4 rings (SSSR count). The number of phenols is 1. The standard InChI is InChI=1S/C25H32N4O7/c1-10(26)8-28-9-12-6-15(29(2)3)14-5-11-4-13-7-16(30)19(24(27)35)23(34)25(13,36)22(33)17(11)21(32)18(14)20(12)31/h6,10-11,13,28,31-32,34,36H,4-5,7-9,26H2,1-3H3,(H2,27,35). The molecule has 36 heavy (non-hydrogen) atoms. The van der Waals surface area contributed by atoms with Gasteiger partial charge < -0.3 is 42.1 Å². The number of aliphatic hydroxyl groups is 3. The van der Waals surface area contributed by atoms with Crippen LogP contribution in [0.4, 0.5) is 5.69 Å². The summed E-state index contributed by atoms with van der Waals surface area (Å²) < 4.78 is 0. The first kappa shape index (κ1) is 25.7. The van der Waals surface area contributed by atoms with Crippen molar-refractivity contribution in [1.29, 1.82) is 0 Å². The number of primary amides is 1. The fraction of sp³-hybridized carbons (Fsp3) is 0.480. The van der Waals surface area contributed by atoms with Crippen LogP contribution in [-0.4, -0.2) is 70.2 Å². The Kier molecular flexibility index (Phi) is 6.36. The molecule has 1 aromatic carbocycles. The van der Waals surface area contributed by atoms with Crippen molar-refractivity contribution >= 4 is 28.9 Å². The number of carbonyl (C=O) groups is 3. The van der Waals surface area contributed by atoms with E-state index in [0.717, 1.165) is 5.69 Å². The number of rotatable bonds is 6. The Morgan fingerprint density at radius 2 is 1.92 bits per heavy atom. The largest absolute Gasteiger partial charge is 0.508 e. The molecular formula is C25H32N4O7. The summed E-state index contributed by atoms with van der Waals surface area (Å²) in [6.07, 6.45) is -0.00478. The van der Waals surface area contributed by atoms with Gasteiger partial charge in [0.05, 0.1) is 5.56 Å². The highest BCUT2D eigenvalue weighted by atomic mass is 16.3. The van der Waals surface area contributed by atoms with Gasteiger partial charge in [-0.3, -0.25) is 14.4 Å². The number of phenolic OH excluding ortho intramolecular Hbond substituents is 1. The number of fused-ring (bicyclic) bond motifs is 3. The highest BCUT2D eigenvalue weighted by Crippen LogP contribution is 2.53. The first-order chi connectivity index (χ1) is 16.8. The molecule has 0 spiro atoms. The second kappa shape index (κ2) is 8.91. The van der Waals surface area contributed by atoms with Gasteiger partial charge in [0.25, 0.3) is 5.91 Å².